The summed E-state index contributed by atoms with van der Waals surface area (Å²) in [6, 6.07) is 16.3. The smallest absolute Gasteiger partial charge is 0.220 e. The fourth-order valence-electron chi connectivity index (χ4n) is 3.08. The maximum atomic E-state index is 12.2. The Morgan fingerprint density at radius 1 is 1.14 bits per heavy atom. The van der Waals surface area contributed by atoms with Crippen LogP contribution in [0.3, 0.4) is 0 Å². The molecular formula is C19H20ClNO. The van der Waals surface area contributed by atoms with Crippen LogP contribution in [-0.2, 0) is 17.6 Å². The highest BCUT2D eigenvalue weighted by molar-refractivity contribution is 6.30. The molecule has 0 aromatic heterocycles. The second kappa shape index (κ2) is 6.97. The number of halogens is 1. The third-order valence-electron chi connectivity index (χ3n) is 4.26. The Morgan fingerprint density at radius 3 is 2.73 bits per heavy atom. The molecule has 1 N–H and O–H groups in total. The van der Waals surface area contributed by atoms with E-state index in [4.69, 9.17) is 11.6 Å². The fraction of sp³-hybridized carbons (Fsp3) is 0.316. The standard InChI is InChI=1S/C19H20ClNO/c20-16-11-8-14(9-12-16)10-13-19(22)21-18-7-3-5-15-4-1-2-6-17(15)18/h1-2,4,6,8-9,11-12,18H,3,5,7,10,13H2,(H,21,22)/t18-/m1/s1. The molecule has 0 spiro atoms. The number of benzene rings is 2. The molecule has 22 heavy (non-hydrogen) atoms. The van der Waals surface area contributed by atoms with Crippen LogP contribution in [0.25, 0.3) is 0 Å². The molecule has 3 rings (SSSR count). The molecule has 2 nitrogen and oxygen atoms in total. The first kappa shape index (κ1) is 15.1. The van der Waals surface area contributed by atoms with Gasteiger partial charge in [-0.25, -0.2) is 0 Å². The number of aryl methyl sites for hydroxylation is 2. The van der Waals surface area contributed by atoms with Crippen LogP contribution in [0, 0.1) is 0 Å². The van der Waals surface area contributed by atoms with E-state index in [1.807, 2.05) is 24.3 Å². The zero-order valence-electron chi connectivity index (χ0n) is 12.5. The summed E-state index contributed by atoms with van der Waals surface area (Å²) >= 11 is 5.87. The van der Waals surface area contributed by atoms with Crippen LogP contribution < -0.4 is 5.32 Å². The summed E-state index contributed by atoms with van der Waals surface area (Å²) < 4.78 is 0. The lowest BCUT2D eigenvalue weighted by atomic mass is 9.87. The Morgan fingerprint density at radius 2 is 1.91 bits per heavy atom. The van der Waals surface area contributed by atoms with Crippen molar-refractivity contribution >= 4 is 17.5 Å². The lowest BCUT2D eigenvalue weighted by molar-refractivity contribution is -0.121. The van der Waals surface area contributed by atoms with Gasteiger partial charge >= 0.3 is 0 Å². The number of carbonyl (C=O) groups excluding carboxylic acids is 1. The van der Waals surface area contributed by atoms with Crippen LogP contribution >= 0.6 is 11.6 Å². The van der Waals surface area contributed by atoms with Gasteiger partial charge in [-0.2, -0.15) is 0 Å². The first-order valence-electron chi connectivity index (χ1n) is 7.84. The first-order valence-corrected chi connectivity index (χ1v) is 8.22. The third kappa shape index (κ3) is 3.69. The van der Waals surface area contributed by atoms with Crippen LogP contribution in [0.5, 0.6) is 0 Å². The normalized spacial score (nSPS) is 16.9. The van der Waals surface area contributed by atoms with E-state index in [2.05, 4.69) is 29.6 Å². The fourth-order valence-corrected chi connectivity index (χ4v) is 3.21. The van der Waals surface area contributed by atoms with E-state index in [0.717, 1.165) is 36.3 Å². The van der Waals surface area contributed by atoms with Crippen molar-refractivity contribution in [1.29, 1.82) is 0 Å². The molecule has 0 heterocycles. The molecule has 1 aliphatic rings. The van der Waals surface area contributed by atoms with Crippen molar-refractivity contribution in [3.05, 3.63) is 70.2 Å². The number of hydrogen-bond acceptors (Lipinski definition) is 1. The predicted molar refractivity (Wildman–Crippen MR) is 90.0 cm³/mol. The Hall–Kier alpha value is -1.80. The number of fused-ring (bicyclic) bond motifs is 1. The summed E-state index contributed by atoms with van der Waals surface area (Å²) in [4.78, 5) is 12.2. The number of rotatable bonds is 4. The molecule has 0 fully saturated rings. The van der Waals surface area contributed by atoms with Gasteiger partial charge in [0.05, 0.1) is 6.04 Å². The largest absolute Gasteiger partial charge is 0.349 e. The summed E-state index contributed by atoms with van der Waals surface area (Å²) in [6.07, 6.45) is 4.55. The minimum atomic E-state index is 0.122. The maximum absolute atomic E-state index is 12.2. The van der Waals surface area contributed by atoms with Crippen molar-refractivity contribution in [3.63, 3.8) is 0 Å². The van der Waals surface area contributed by atoms with E-state index < -0.39 is 0 Å². The summed E-state index contributed by atoms with van der Waals surface area (Å²) in [5.74, 6) is 0.122. The lowest BCUT2D eigenvalue weighted by Crippen LogP contribution is -2.31. The van der Waals surface area contributed by atoms with Crippen molar-refractivity contribution < 1.29 is 4.79 Å². The number of amides is 1. The molecular weight excluding hydrogens is 294 g/mol. The van der Waals surface area contributed by atoms with Crippen LogP contribution in [0.15, 0.2) is 48.5 Å². The first-order chi connectivity index (χ1) is 10.7. The summed E-state index contributed by atoms with van der Waals surface area (Å²) in [5, 5.41) is 3.92. The topological polar surface area (TPSA) is 29.1 Å². The molecule has 1 amide bonds. The second-order valence-corrected chi connectivity index (χ2v) is 6.27. The average Bonchev–Trinajstić information content (AvgIpc) is 2.55. The number of nitrogens with one attached hydrogen (secondary N) is 1. The molecule has 0 bridgehead atoms. The van der Waals surface area contributed by atoms with Crippen molar-refractivity contribution in [2.45, 2.75) is 38.1 Å². The molecule has 3 heteroatoms. The number of hydrogen-bond donors (Lipinski definition) is 1. The Kier molecular flexibility index (Phi) is 4.79. The predicted octanol–water partition coefficient (Wildman–Crippen LogP) is 4.47. The minimum Gasteiger partial charge on any atom is -0.349 e. The zero-order chi connectivity index (χ0) is 15.4. The molecule has 2 aromatic rings. The van der Waals surface area contributed by atoms with E-state index in [1.165, 1.54) is 11.1 Å². The van der Waals surface area contributed by atoms with Gasteiger partial charge in [-0.05, 0) is 54.5 Å². The van der Waals surface area contributed by atoms with Gasteiger partial charge < -0.3 is 5.32 Å². The monoisotopic (exact) mass is 313 g/mol. The molecule has 0 saturated carbocycles. The van der Waals surface area contributed by atoms with Crippen molar-refractivity contribution in [1.82, 2.24) is 5.32 Å². The molecule has 0 radical (unpaired) electrons. The Labute approximate surface area is 136 Å². The van der Waals surface area contributed by atoms with Crippen molar-refractivity contribution in [3.8, 4) is 0 Å². The van der Waals surface area contributed by atoms with Crippen LogP contribution in [0.4, 0.5) is 0 Å². The van der Waals surface area contributed by atoms with Gasteiger partial charge in [-0.3, -0.25) is 4.79 Å². The van der Waals surface area contributed by atoms with Gasteiger partial charge in [-0.15, -0.1) is 0 Å². The minimum absolute atomic E-state index is 0.122. The van der Waals surface area contributed by atoms with Crippen molar-refractivity contribution in [2.24, 2.45) is 0 Å². The van der Waals surface area contributed by atoms with Gasteiger partial charge in [0.1, 0.15) is 0 Å². The van der Waals surface area contributed by atoms with Gasteiger partial charge in [-0.1, -0.05) is 48.0 Å². The molecule has 0 unspecified atom stereocenters. The maximum Gasteiger partial charge on any atom is 0.220 e. The van der Waals surface area contributed by atoms with Gasteiger partial charge in [0.2, 0.25) is 5.91 Å². The lowest BCUT2D eigenvalue weighted by Gasteiger charge is -2.26. The van der Waals surface area contributed by atoms with Gasteiger partial charge in [0.25, 0.3) is 0 Å². The highest BCUT2D eigenvalue weighted by atomic mass is 35.5. The zero-order valence-corrected chi connectivity index (χ0v) is 13.3. The number of carbonyl (C=O) groups is 1. The summed E-state index contributed by atoms with van der Waals surface area (Å²) in [5.41, 5.74) is 3.80. The quantitative estimate of drug-likeness (QED) is 0.886. The van der Waals surface area contributed by atoms with Crippen LogP contribution in [-0.4, -0.2) is 5.91 Å². The molecule has 0 aliphatic heterocycles. The summed E-state index contributed by atoms with van der Waals surface area (Å²) in [7, 11) is 0. The van der Waals surface area contributed by atoms with E-state index in [9.17, 15) is 4.79 Å². The molecule has 114 valence electrons. The average molecular weight is 314 g/mol. The van der Waals surface area contributed by atoms with E-state index in [-0.39, 0.29) is 11.9 Å². The summed E-state index contributed by atoms with van der Waals surface area (Å²) in [6.45, 7) is 0. The van der Waals surface area contributed by atoms with Crippen molar-refractivity contribution in [2.75, 3.05) is 0 Å². The molecule has 2 aromatic carbocycles. The molecule has 1 aliphatic carbocycles. The van der Waals surface area contributed by atoms with Gasteiger partial charge in [0, 0.05) is 11.4 Å². The van der Waals surface area contributed by atoms with Crippen LogP contribution in [0.1, 0.15) is 42.0 Å². The SMILES string of the molecule is O=C(CCc1ccc(Cl)cc1)N[C@@H]1CCCc2ccccc21. The second-order valence-electron chi connectivity index (χ2n) is 5.84. The molecule has 0 saturated heterocycles. The van der Waals surface area contributed by atoms with Crippen LogP contribution in [0.2, 0.25) is 5.02 Å². The highest BCUT2D eigenvalue weighted by Gasteiger charge is 2.20. The Balaban J connectivity index is 1.57. The van der Waals surface area contributed by atoms with Gasteiger partial charge in [0.15, 0.2) is 0 Å². The highest BCUT2D eigenvalue weighted by Crippen LogP contribution is 2.29. The third-order valence-corrected chi connectivity index (χ3v) is 4.51. The van der Waals surface area contributed by atoms with E-state index >= 15 is 0 Å². The Bertz CT molecular complexity index is 651. The molecule has 1 atom stereocenters. The van der Waals surface area contributed by atoms with E-state index in [0.29, 0.717) is 6.42 Å². The van der Waals surface area contributed by atoms with E-state index in [1.54, 1.807) is 0 Å².